The van der Waals surface area contributed by atoms with E-state index in [2.05, 4.69) is 28.6 Å². The van der Waals surface area contributed by atoms with Gasteiger partial charge in [-0.05, 0) is 18.4 Å². The van der Waals surface area contributed by atoms with Crippen LogP contribution in [0.4, 0.5) is 0 Å². The maximum Gasteiger partial charge on any atom is 0.167 e. The van der Waals surface area contributed by atoms with Gasteiger partial charge < -0.3 is 4.57 Å². The Morgan fingerprint density at radius 2 is 2.23 bits per heavy atom. The molecule has 2 aromatic rings. The summed E-state index contributed by atoms with van der Waals surface area (Å²) in [7, 11) is 5.48. The van der Waals surface area contributed by atoms with Crippen molar-refractivity contribution in [1.29, 1.82) is 0 Å². The maximum absolute atomic E-state index is 11.6. The van der Waals surface area contributed by atoms with Crippen LogP contribution in [0.2, 0.25) is 0 Å². The highest BCUT2D eigenvalue weighted by Crippen LogP contribution is 2.29. The molecule has 0 aliphatic heterocycles. The van der Waals surface area contributed by atoms with Gasteiger partial charge in [0.25, 0.3) is 0 Å². The van der Waals surface area contributed by atoms with Gasteiger partial charge in [-0.2, -0.15) is 5.10 Å². The zero-order chi connectivity index (χ0) is 19.1. The van der Waals surface area contributed by atoms with Gasteiger partial charge in [0.1, 0.15) is 0 Å². The van der Waals surface area contributed by atoms with Crippen LogP contribution in [0.25, 0.3) is 10.3 Å². The summed E-state index contributed by atoms with van der Waals surface area (Å²) in [5.74, 6) is 0. The lowest BCUT2D eigenvalue weighted by Gasteiger charge is -2.12. The van der Waals surface area contributed by atoms with E-state index in [1.54, 1.807) is 41.9 Å². The zero-order valence-corrected chi connectivity index (χ0v) is 16.6. The van der Waals surface area contributed by atoms with Crippen molar-refractivity contribution < 1.29 is 4.79 Å². The van der Waals surface area contributed by atoms with E-state index in [1.807, 2.05) is 24.7 Å². The Labute approximate surface area is 158 Å². The molecule has 138 valence electrons. The van der Waals surface area contributed by atoms with E-state index in [1.165, 1.54) is 0 Å². The van der Waals surface area contributed by atoms with Crippen molar-refractivity contribution in [3.8, 4) is 0 Å². The van der Waals surface area contributed by atoms with E-state index in [0.717, 1.165) is 45.6 Å². The fourth-order valence-electron chi connectivity index (χ4n) is 2.67. The predicted molar refractivity (Wildman–Crippen MR) is 111 cm³/mol. The summed E-state index contributed by atoms with van der Waals surface area (Å²) in [5, 5.41) is 7.40. The summed E-state index contributed by atoms with van der Waals surface area (Å²) in [6.45, 7) is 6.44. The van der Waals surface area contributed by atoms with Crippen LogP contribution < -0.4 is 0 Å². The van der Waals surface area contributed by atoms with Gasteiger partial charge >= 0.3 is 0 Å². The third-order valence-corrected chi connectivity index (χ3v) is 4.99. The number of thiazole rings is 1. The highest BCUT2D eigenvalue weighted by Gasteiger charge is 2.18. The van der Waals surface area contributed by atoms with E-state index < -0.39 is 0 Å². The van der Waals surface area contributed by atoms with Crippen LogP contribution in [-0.4, -0.2) is 53.9 Å². The molecule has 0 N–H and O–H groups in total. The molecular formula is C19H25N5OS. The van der Waals surface area contributed by atoms with Crippen LogP contribution in [-0.2, 0) is 13.5 Å². The minimum absolute atomic E-state index is 0.593. The minimum Gasteiger partial charge on any atom is -0.325 e. The predicted octanol–water partition coefficient (Wildman–Crippen LogP) is 3.48. The Hall–Kier alpha value is -2.54. The molecule has 0 radical (unpaired) electrons. The standard InChI is InChI=1S/C19H25N5OS/c1-6-8-14(10-20-3)12-23(4)21-11-15-16(13-25)24(5)19-18(15)26-17(22-19)9-7-2/h6,8,10-11,13H,1,7,9,12H2,2-5H3/b14-8+,20-10?,21-11-. The Balaban J connectivity index is 2.33. The summed E-state index contributed by atoms with van der Waals surface area (Å²) in [5.41, 5.74) is 3.26. The van der Waals surface area contributed by atoms with Gasteiger partial charge in [-0.3, -0.25) is 14.8 Å². The number of allylic oxidation sites excluding steroid dienone is 2. The van der Waals surface area contributed by atoms with Crippen LogP contribution in [0.5, 0.6) is 0 Å². The first-order chi connectivity index (χ1) is 12.5. The number of aldehydes is 1. The number of rotatable bonds is 9. The molecule has 0 aromatic carbocycles. The van der Waals surface area contributed by atoms with Crippen molar-refractivity contribution in [2.24, 2.45) is 17.1 Å². The van der Waals surface area contributed by atoms with E-state index >= 15 is 0 Å². The third kappa shape index (κ3) is 4.35. The van der Waals surface area contributed by atoms with Crippen LogP contribution in [0, 0.1) is 0 Å². The fourth-order valence-corrected chi connectivity index (χ4v) is 3.89. The van der Waals surface area contributed by atoms with Crippen molar-refractivity contribution in [3.63, 3.8) is 0 Å². The Kier molecular flexibility index (Phi) is 7.03. The van der Waals surface area contributed by atoms with E-state index in [0.29, 0.717) is 12.2 Å². The van der Waals surface area contributed by atoms with Gasteiger partial charge in [0.05, 0.1) is 28.2 Å². The third-order valence-electron chi connectivity index (χ3n) is 3.85. The number of fused-ring (bicyclic) bond motifs is 1. The molecule has 2 heterocycles. The number of nitrogens with zero attached hydrogens (tertiary/aromatic N) is 5. The highest BCUT2D eigenvalue weighted by atomic mass is 32.1. The van der Waals surface area contributed by atoms with Gasteiger partial charge in [0.15, 0.2) is 11.9 Å². The lowest BCUT2D eigenvalue weighted by molar-refractivity contribution is 0.111. The highest BCUT2D eigenvalue weighted by molar-refractivity contribution is 7.19. The number of aliphatic imine (C=N–C) groups is 1. The number of carbonyl (C=O) groups excluding carboxylic acids is 1. The summed E-state index contributed by atoms with van der Waals surface area (Å²) < 4.78 is 2.85. The Morgan fingerprint density at radius 3 is 2.85 bits per heavy atom. The van der Waals surface area contributed by atoms with Gasteiger partial charge in [-0.15, -0.1) is 11.3 Å². The molecule has 2 rings (SSSR count). The molecule has 0 spiro atoms. The molecule has 0 saturated heterocycles. The molecule has 2 aromatic heterocycles. The van der Waals surface area contributed by atoms with Gasteiger partial charge in [0.2, 0.25) is 0 Å². The molecule has 0 saturated carbocycles. The van der Waals surface area contributed by atoms with Gasteiger partial charge in [0, 0.05) is 32.9 Å². The summed E-state index contributed by atoms with van der Waals surface area (Å²) in [4.78, 5) is 20.3. The van der Waals surface area contributed by atoms with Crippen LogP contribution in [0.1, 0.15) is 34.4 Å². The molecule has 0 atom stereocenters. The fraction of sp³-hybridized carbons (Fsp3) is 0.368. The second kappa shape index (κ2) is 9.24. The lowest BCUT2D eigenvalue weighted by Crippen LogP contribution is -2.15. The Morgan fingerprint density at radius 1 is 1.46 bits per heavy atom. The quantitative estimate of drug-likeness (QED) is 0.293. The molecule has 0 fully saturated rings. The largest absolute Gasteiger partial charge is 0.325 e. The first kappa shape index (κ1) is 19.8. The number of aryl methyl sites for hydroxylation is 2. The van der Waals surface area contributed by atoms with Crippen molar-refractivity contribution in [2.75, 3.05) is 20.6 Å². The van der Waals surface area contributed by atoms with Crippen molar-refractivity contribution in [2.45, 2.75) is 19.8 Å². The average molecular weight is 372 g/mol. The summed E-state index contributed by atoms with van der Waals surface area (Å²) in [6, 6.07) is 0. The van der Waals surface area contributed by atoms with Crippen molar-refractivity contribution >= 4 is 40.4 Å². The van der Waals surface area contributed by atoms with E-state index in [-0.39, 0.29) is 0 Å². The molecule has 0 aliphatic rings. The molecular weight excluding hydrogens is 346 g/mol. The lowest BCUT2D eigenvalue weighted by atomic mass is 10.2. The smallest absolute Gasteiger partial charge is 0.167 e. The second-order valence-corrected chi connectivity index (χ2v) is 6.99. The normalized spacial score (nSPS) is 12.5. The minimum atomic E-state index is 0.593. The molecule has 0 bridgehead atoms. The summed E-state index contributed by atoms with van der Waals surface area (Å²) in [6.07, 6.45) is 10.0. The van der Waals surface area contributed by atoms with Gasteiger partial charge in [-0.25, -0.2) is 4.98 Å². The number of likely N-dealkylation sites (N-methyl/N-ethyl adjacent to an activating group) is 1. The first-order valence-electron chi connectivity index (χ1n) is 8.47. The number of hydrogen-bond acceptors (Lipinski definition) is 6. The monoisotopic (exact) mass is 371 g/mol. The average Bonchev–Trinajstić information content (AvgIpc) is 3.11. The number of hydrazone groups is 1. The molecule has 0 aliphatic carbocycles. The number of hydrogen-bond donors (Lipinski definition) is 0. The van der Waals surface area contributed by atoms with Crippen molar-refractivity contribution in [1.82, 2.24) is 14.6 Å². The van der Waals surface area contributed by atoms with Gasteiger partial charge in [-0.1, -0.05) is 25.7 Å². The van der Waals surface area contributed by atoms with Crippen LogP contribution in [0.3, 0.4) is 0 Å². The van der Waals surface area contributed by atoms with E-state index in [4.69, 9.17) is 0 Å². The Bertz CT molecular complexity index is 872. The molecule has 6 nitrogen and oxygen atoms in total. The topological polar surface area (TPSA) is 62.9 Å². The van der Waals surface area contributed by atoms with E-state index in [9.17, 15) is 4.79 Å². The number of aromatic nitrogens is 2. The summed E-state index contributed by atoms with van der Waals surface area (Å²) >= 11 is 1.63. The van der Waals surface area contributed by atoms with Crippen LogP contribution in [0.15, 0.2) is 34.4 Å². The molecule has 26 heavy (non-hydrogen) atoms. The maximum atomic E-state index is 11.6. The molecule has 7 heteroatoms. The molecule has 0 amide bonds. The van der Waals surface area contributed by atoms with Crippen LogP contribution >= 0.6 is 11.3 Å². The first-order valence-corrected chi connectivity index (χ1v) is 9.29. The second-order valence-electron chi connectivity index (χ2n) is 5.91. The number of carbonyl (C=O) groups is 1. The molecule has 0 unspecified atom stereocenters. The van der Waals surface area contributed by atoms with Crippen molar-refractivity contribution in [3.05, 3.63) is 40.6 Å². The zero-order valence-electron chi connectivity index (χ0n) is 15.8. The SMILES string of the molecule is C=C/C=C(\C=NC)CN(C)/N=C\c1c(C=O)n(C)c2nc(CCC)sc12.